The number of aromatic nitrogens is 1. The van der Waals surface area contributed by atoms with Crippen LogP contribution >= 0.6 is 0 Å². The number of aryl methyl sites for hydroxylation is 1. The molecule has 0 atom stereocenters. The van der Waals surface area contributed by atoms with Gasteiger partial charge in [0.15, 0.2) is 0 Å². The second kappa shape index (κ2) is 8.71. The molecule has 1 heterocycles. The van der Waals surface area contributed by atoms with Gasteiger partial charge in [-0.05, 0) is 24.1 Å². The van der Waals surface area contributed by atoms with Gasteiger partial charge in [-0.2, -0.15) is 0 Å². The van der Waals surface area contributed by atoms with E-state index in [1.165, 1.54) is 6.20 Å². The molecular formula is C22H23NO5. The smallest absolute Gasteiger partial charge is 0.341 e. The van der Waals surface area contributed by atoms with Crippen molar-refractivity contribution in [2.45, 2.75) is 19.9 Å². The number of hydrogen-bond donors (Lipinski definition) is 1. The minimum absolute atomic E-state index is 0.229. The Morgan fingerprint density at radius 1 is 1.14 bits per heavy atom. The van der Waals surface area contributed by atoms with Gasteiger partial charge in [0.25, 0.3) is 0 Å². The maximum atomic E-state index is 12.8. The molecule has 0 aliphatic rings. The van der Waals surface area contributed by atoms with E-state index in [1.54, 1.807) is 17.7 Å². The predicted molar refractivity (Wildman–Crippen MR) is 107 cm³/mol. The predicted octanol–water partition coefficient (Wildman–Crippen LogP) is 3.34. The SMILES string of the molecule is CCn1cc(C(=O)O)c(=O)c2cc(Cc3ccccc3)c(OCCOC)cc21. The zero-order valence-electron chi connectivity index (χ0n) is 16.0. The molecule has 0 fully saturated rings. The van der Waals surface area contributed by atoms with Gasteiger partial charge in [-0.1, -0.05) is 30.3 Å². The lowest BCUT2D eigenvalue weighted by molar-refractivity contribution is 0.0695. The highest BCUT2D eigenvalue weighted by atomic mass is 16.5. The summed E-state index contributed by atoms with van der Waals surface area (Å²) < 4.78 is 12.7. The fraction of sp³-hybridized carbons (Fsp3) is 0.273. The van der Waals surface area contributed by atoms with Crippen LogP contribution in [0.1, 0.15) is 28.4 Å². The molecule has 1 N–H and O–H groups in total. The Morgan fingerprint density at radius 3 is 2.54 bits per heavy atom. The van der Waals surface area contributed by atoms with Crippen LogP contribution in [0.15, 0.2) is 53.5 Å². The topological polar surface area (TPSA) is 77.8 Å². The molecule has 0 saturated heterocycles. The van der Waals surface area contributed by atoms with Gasteiger partial charge in [-0.15, -0.1) is 0 Å². The van der Waals surface area contributed by atoms with E-state index < -0.39 is 11.4 Å². The molecule has 0 bridgehead atoms. The lowest BCUT2D eigenvalue weighted by Crippen LogP contribution is -2.19. The quantitative estimate of drug-likeness (QED) is 0.606. The average molecular weight is 381 g/mol. The number of rotatable bonds is 8. The van der Waals surface area contributed by atoms with E-state index in [0.29, 0.717) is 42.8 Å². The van der Waals surface area contributed by atoms with Gasteiger partial charge in [-0.25, -0.2) is 4.79 Å². The van der Waals surface area contributed by atoms with Crippen molar-refractivity contribution in [2.24, 2.45) is 0 Å². The van der Waals surface area contributed by atoms with E-state index in [-0.39, 0.29) is 5.56 Å². The van der Waals surface area contributed by atoms with Crippen LogP contribution < -0.4 is 10.2 Å². The van der Waals surface area contributed by atoms with E-state index in [4.69, 9.17) is 9.47 Å². The molecule has 0 aliphatic carbocycles. The maximum Gasteiger partial charge on any atom is 0.341 e. The Balaban J connectivity index is 2.19. The standard InChI is InChI=1S/C22H23NO5/c1-3-23-14-18(22(25)26)21(24)17-12-16(11-15-7-5-4-6-8-15)20(13-19(17)23)28-10-9-27-2/h4-8,12-14H,3,9-11H2,1-2H3,(H,25,26). The molecule has 0 spiro atoms. The largest absolute Gasteiger partial charge is 0.491 e. The molecule has 0 unspecified atom stereocenters. The highest BCUT2D eigenvalue weighted by Crippen LogP contribution is 2.27. The minimum Gasteiger partial charge on any atom is -0.491 e. The Kier molecular flexibility index (Phi) is 6.11. The van der Waals surface area contributed by atoms with Crippen LogP contribution in [0.5, 0.6) is 5.75 Å². The number of aromatic carboxylic acids is 1. The summed E-state index contributed by atoms with van der Waals surface area (Å²) in [6, 6.07) is 13.4. The minimum atomic E-state index is -1.22. The van der Waals surface area contributed by atoms with Crippen LogP contribution in [0.3, 0.4) is 0 Å². The van der Waals surface area contributed by atoms with Gasteiger partial charge in [0.1, 0.15) is 17.9 Å². The molecule has 3 aromatic rings. The molecular weight excluding hydrogens is 358 g/mol. The molecule has 2 aromatic carbocycles. The second-order valence-corrected chi connectivity index (χ2v) is 6.44. The number of methoxy groups -OCH3 is 1. The Hall–Kier alpha value is -3.12. The molecule has 146 valence electrons. The van der Waals surface area contributed by atoms with Gasteiger partial charge < -0.3 is 19.1 Å². The Morgan fingerprint density at radius 2 is 1.89 bits per heavy atom. The number of fused-ring (bicyclic) bond motifs is 1. The third-order valence-electron chi connectivity index (χ3n) is 4.62. The molecule has 6 nitrogen and oxygen atoms in total. The van der Waals surface area contributed by atoms with Crippen LogP contribution in [0, 0.1) is 0 Å². The summed E-state index contributed by atoms with van der Waals surface area (Å²) in [5.74, 6) is -0.558. The van der Waals surface area contributed by atoms with Crippen molar-refractivity contribution >= 4 is 16.9 Å². The van der Waals surface area contributed by atoms with Crippen LogP contribution in [0.4, 0.5) is 0 Å². The number of ether oxygens (including phenoxy) is 2. The molecule has 0 saturated carbocycles. The first kappa shape index (κ1) is 19.6. The van der Waals surface area contributed by atoms with E-state index in [2.05, 4.69) is 0 Å². The number of carbonyl (C=O) groups is 1. The number of benzene rings is 2. The average Bonchev–Trinajstić information content (AvgIpc) is 2.70. The van der Waals surface area contributed by atoms with Crippen LogP contribution in [-0.4, -0.2) is 36.0 Å². The molecule has 28 heavy (non-hydrogen) atoms. The fourth-order valence-corrected chi connectivity index (χ4v) is 3.20. The summed E-state index contributed by atoms with van der Waals surface area (Å²) in [5, 5.41) is 9.78. The van der Waals surface area contributed by atoms with E-state index in [9.17, 15) is 14.7 Å². The molecule has 0 radical (unpaired) electrons. The van der Waals surface area contributed by atoms with Crippen molar-refractivity contribution in [3.63, 3.8) is 0 Å². The van der Waals surface area contributed by atoms with Gasteiger partial charge in [0.2, 0.25) is 5.43 Å². The normalized spacial score (nSPS) is 10.9. The number of pyridine rings is 1. The van der Waals surface area contributed by atoms with E-state index in [0.717, 1.165) is 11.1 Å². The van der Waals surface area contributed by atoms with Crippen molar-refractivity contribution in [1.82, 2.24) is 4.57 Å². The van der Waals surface area contributed by atoms with Crippen molar-refractivity contribution in [3.05, 3.63) is 75.6 Å². The van der Waals surface area contributed by atoms with Gasteiger partial charge in [-0.3, -0.25) is 4.79 Å². The number of carboxylic acid groups (broad SMARTS) is 1. The number of carboxylic acids is 1. The zero-order chi connectivity index (χ0) is 20.1. The first-order chi connectivity index (χ1) is 13.5. The Bertz CT molecular complexity index is 1040. The third kappa shape index (κ3) is 4.07. The maximum absolute atomic E-state index is 12.8. The zero-order valence-corrected chi connectivity index (χ0v) is 16.0. The van der Waals surface area contributed by atoms with Crippen molar-refractivity contribution < 1.29 is 19.4 Å². The first-order valence-electron chi connectivity index (χ1n) is 9.14. The lowest BCUT2D eigenvalue weighted by Gasteiger charge is -2.16. The fourth-order valence-electron chi connectivity index (χ4n) is 3.20. The summed E-state index contributed by atoms with van der Waals surface area (Å²) in [6.07, 6.45) is 1.96. The van der Waals surface area contributed by atoms with Crippen molar-refractivity contribution in [1.29, 1.82) is 0 Å². The number of hydrogen-bond acceptors (Lipinski definition) is 4. The monoisotopic (exact) mass is 381 g/mol. The second-order valence-electron chi connectivity index (χ2n) is 6.44. The molecule has 0 amide bonds. The third-order valence-corrected chi connectivity index (χ3v) is 4.62. The highest BCUT2D eigenvalue weighted by molar-refractivity contribution is 5.93. The molecule has 6 heteroatoms. The Labute approximate surface area is 162 Å². The number of nitrogens with zero attached hydrogens (tertiary/aromatic N) is 1. The van der Waals surface area contributed by atoms with Gasteiger partial charge in [0.05, 0.1) is 12.1 Å². The van der Waals surface area contributed by atoms with Crippen molar-refractivity contribution in [3.8, 4) is 5.75 Å². The highest BCUT2D eigenvalue weighted by Gasteiger charge is 2.17. The van der Waals surface area contributed by atoms with E-state index >= 15 is 0 Å². The first-order valence-corrected chi connectivity index (χ1v) is 9.14. The molecule has 0 aliphatic heterocycles. The summed E-state index contributed by atoms with van der Waals surface area (Å²) >= 11 is 0. The van der Waals surface area contributed by atoms with Crippen LogP contribution in [0.2, 0.25) is 0 Å². The molecule has 3 rings (SSSR count). The van der Waals surface area contributed by atoms with Crippen molar-refractivity contribution in [2.75, 3.05) is 20.3 Å². The van der Waals surface area contributed by atoms with Crippen LogP contribution in [-0.2, 0) is 17.7 Å². The van der Waals surface area contributed by atoms with E-state index in [1.807, 2.05) is 43.3 Å². The summed E-state index contributed by atoms with van der Waals surface area (Å²) in [7, 11) is 1.61. The van der Waals surface area contributed by atoms with Crippen LogP contribution in [0.25, 0.3) is 10.9 Å². The van der Waals surface area contributed by atoms with Gasteiger partial charge in [0, 0.05) is 37.7 Å². The summed E-state index contributed by atoms with van der Waals surface area (Å²) in [6.45, 7) is 3.26. The molecule has 1 aromatic heterocycles. The lowest BCUT2D eigenvalue weighted by atomic mass is 10.0. The van der Waals surface area contributed by atoms with Gasteiger partial charge >= 0.3 is 5.97 Å². The summed E-state index contributed by atoms with van der Waals surface area (Å²) in [5.41, 5.74) is 1.85. The summed E-state index contributed by atoms with van der Waals surface area (Å²) in [4.78, 5) is 24.3.